The van der Waals surface area contributed by atoms with Gasteiger partial charge >= 0.3 is 0 Å². The molecule has 1 amide bonds. The Hall–Kier alpha value is -2.95. The molecule has 0 bridgehead atoms. The summed E-state index contributed by atoms with van der Waals surface area (Å²) >= 11 is 0. The highest BCUT2D eigenvalue weighted by atomic mass is 16.5. The Morgan fingerprint density at radius 3 is 3.08 bits per heavy atom. The summed E-state index contributed by atoms with van der Waals surface area (Å²) in [6, 6.07) is 13.8. The number of benzene rings is 2. The second-order valence-electron chi connectivity index (χ2n) is 6.04. The van der Waals surface area contributed by atoms with Crippen molar-refractivity contribution in [2.45, 2.75) is 6.42 Å². The number of H-pyrrole nitrogens is 1. The largest absolute Gasteiger partial charge is 0.489 e. The van der Waals surface area contributed by atoms with Crippen LogP contribution >= 0.6 is 0 Å². The van der Waals surface area contributed by atoms with Gasteiger partial charge in [0, 0.05) is 35.9 Å². The van der Waals surface area contributed by atoms with Crippen molar-refractivity contribution in [3.63, 3.8) is 0 Å². The fraction of sp³-hybridized carbons (Fsp3) is 0.211. The van der Waals surface area contributed by atoms with Crippen molar-refractivity contribution >= 4 is 28.2 Å². The molecule has 2 N–H and O–H groups in total. The van der Waals surface area contributed by atoms with Crippen LogP contribution in [0.3, 0.4) is 0 Å². The first-order valence-corrected chi connectivity index (χ1v) is 8.03. The monoisotopic (exact) mass is 321 g/mol. The molecule has 2 aromatic carbocycles. The van der Waals surface area contributed by atoms with E-state index in [2.05, 4.69) is 15.2 Å². The quantitative estimate of drug-likeness (QED) is 0.779. The Labute approximate surface area is 140 Å². The number of amides is 1. The number of carbonyl (C=O) groups is 1. The van der Waals surface area contributed by atoms with E-state index >= 15 is 0 Å². The van der Waals surface area contributed by atoms with Gasteiger partial charge in [-0.25, -0.2) is 0 Å². The minimum atomic E-state index is -0.0381. The van der Waals surface area contributed by atoms with Crippen LogP contribution < -0.4 is 15.0 Å². The lowest BCUT2D eigenvalue weighted by Gasteiger charge is -2.27. The number of nitrogens with one attached hydrogen (secondary N) is 2. The Morgan fingerprint density at radius 2 is 2.17 bits per heavy atom. The van der Waals surface area contributed by atoms with Crippen molar-refractivity contribution in [3.05, 3.63) is 54.2 Å². The molecule has 2 heterocycles. The number of anilines is 2. The molecule has 5 heteroatoms. The van der Waals surface area contributed by atoms with E-state index in [0.717, 1.165) is 40.1 Å². The smallest absolute Gasteiger partial charge is 0.228 e. The van der Waals surface area contributed by atoms with Crippen LogP contribution in [0.15, 0.2) is 48.7 Å². The number of aromatic amines is 1. The molecule has 0 spiro atoms. The normalized spacial score (nSPS) is 13.5. The van der Waals surface area contributed by atoms with Gasteiger partial charge in [0.15, 0.2) is 0 Å². The second-order valence-corrected chi connectivity index (χ2v) is 6.04. The number of hydrogen-bond donors (Lipinski definition) is 2. The van der Waals surface area contributed by atoms with E-state index in [9.17, 15) is 4.79 Å². The predicted molar refractivity (Wildman–Crippen MR) is 95.8 cm³/mol. The Bertz CT molecular complexity index is 901. The molecule has 1 aromatic heterocycles. The molecule has 4 rings (SSSR count). The van der Waals surface area contributed by atoms with Crippen molar-refractivity contribution in [2.75, 3.05) is 30.4 Å². The summed E-state index contributed by atoms with van der Waals surface area (Å²) in [5.41, 5.74) is 3.85. The van der Waals surface area contributed by atoms with Gasteiger partial charge in [0.25, 0.3) is 0 Å². The predicted octanol–water partition coefficient (Wildman–Crippen LogP) is 3.18. The van der Waals surface area contributed by atoms with Gasteiger partial charge in [-0.2, -0.15) is 0 Å². The summed E-state index contributed by atoms with van der Waals surface area (Å²) in [5.74, 6) is 0.775. The van der Waals surface area contributed by atoms with E-state index in [1.54, 1.807) is 0 Å². The van der Waals surface area contributed by atoms with Crippen LogP contribution in [0.25, 0.3) is 10.9 Å². The number of para-hydroxylation sites is 1. The minimum Gasteiger partial charge on any atom is -0.489 e. The summed E-state index contributed by atoms with van der Waals surface area (Å²) < 4.78 is 5.68. The van der Waals surface area contributed by atoms with Crippen molar-refractivity contribution < 1.29 is 9.53 Å². The fourth-order valence-corrected chi connectivity index (χ4v) is 3.09. The SMILES string of the molecule is CN1CCOc2cc(NC(=O)Cc3c[nH]c4ccccc34)ccc21. The number of aromatic nitrogens is 1. The molecule has 122 valence electrons. The van der Waals surface area contributed by atoms with Gasteiger partial charge in [0.1, 0.15) is 12.4 Å². The van der Waals surface area contributed by atoms with Crippen molar-refractivity contribution in [3.8, 4) is 5.75 Å². The molecule has 24 heavy (non-hydrogen) atoms. The van der Waals surface area contributed by atoms with Crippen molar-refractivity contribution in [1.29, 1.82) is 0 Å². The molecule has 0 fully saturated rings. The first-order valence-electron chi connectivity index (χ1n) is 8.03. The van der Waals surface area contributed by atoms with Gasteiger partial charge < -0.3 is 19.9 Å². The number of hydrogen-bond acceptors (Lipinski definition) is 3. The van der Waals surface area contributed by atoms with Crippen LogP contribution in [0.2, 0.25) is 0 Å². The number of fused-ring (bicyclic) bond motifs is 2. The topological polar surface area (TPSA) is 57.4 Å². The molecule has 1 aliphatic heterocycles. The lowest BCUT2D eigenvalue weighted by Crippen LogP contribution is -2.28. The lowest BCUT2D eigenvalue weighted by molar-refractivity contribution is -0.115. The zero-order valence-corrected chi connectivity index (χ0v) is 13.5. The minimum absolute atomic E-state index is 0.0381. The summed E-state index contributed by atoms with van der Waals surface area (Å²) in [7, 11) is 2.04. The first kappa shape index (κ1) is 14.6. The second kappa shape index (κ2) is 5.92. The molecule has 0 saturated heterocycles. The molecule has 3 aromatic rings. The molecular formula is C19H19N3O2. The third kappa shape index (κ3) is 2.69. The van der Waals surface area contributed by atoms with Crippen molar-refractivity contribution in [2.24, 2.45) is 0 Å². The number of likely N-dealkylation sites (N-methyl/N-ethyl adjacent to an activating group) is 1. The molecule has 5 nitrogen and oxygen atoms in total. The lowest BCUT2D eigenvalue weighted by atomic mass is 10.1. The average Bonchev–Trinajstić information content (AvgIpc) is 2.98. The Balaban J connectivity index is 1.50. The Kier molecular flexibility index (Phi) is 3.61. The van der Waals surface area contributed by atoms with Crippen LogP contribution in [0, 0.1) is 0 Å². The van der Waals surface area contributed by atoms with E-state index in [-0.39, 0.29) is 5.91 Å². The van der Waals surface area contributed by atoms with Gasteiger partial charge in [-0.15, -0.1) is 0 Å². The maximum atomic E-state index is 12.4. The molecule has 0 radical (unpaired) electrons. The van der Waals surface area contributed by atoms with Gasteiger partial charge in [0.2, 0.25) is 5.91 Å². The number of nitrogens with zero attached hydrogens (tertiary/aromatic N) is 1. The van der Waals surface area contributed by atoms with Crippen LogP contribution in [0.1, 0.15) is 5.56 Å². The molecule has 0 saturated carbocycles. The van der Waals surface area contributed by atoms with Gasteiger partial charge in [-0.3, -0.25) is 4.79 Å². The van der Waals surface area contributed by atoms with Gasteiger partial charge in [0.05, 0.1) is 18.7 Å². The molecule has 0 unspecified atom stereocenters. The molecular weight excluding hydrogens is 302 g/mol. The fourth-order valence-electron chi connectivity index (χ4n) is 3.09. The highest BCUT2D eigenvalue weighted by Gasteiger charge is 2.16. The van der Waals surface area contributed by atoms with E-state index in [4.69, 9.17) is 4.74 Å². The van der Waals surface area contributed by atoms with Gasteiger partial charge in [-0.05, 0) is 23.8 Å². The van der Waals surface area contributed by atoms with Gasteiger partial charge in [-0.1, -0.05) is 18.2 Å². The maximum Gasteiger partial charge on any atom is 0.228 e. The third-order valence-corrected chi connectivity index (χ3v) is 4.37. The van der Waals surface area contributed by atoms with Crippen LogP contribution in [-0.2, 0) is 11.2 Å². The van der Waals surface area contributed by atoms with E-state index < -0.39 is 0 Å². The summed E-state index contributed by atoms with van der Waals surface area (Å²) in [4.78, 5) is 17.7. The van der Waals surface area contributed by atoms with Crippen LogP contribution in [0.5, 0.6) is 5.75 Å². The first-order chi connectivity index (χ1) is 11.7. The summed E-state index contributed by atoms with van der Waals surface area (Å²) in [5, 5.41) is 4.04. The molecule has 0 atom stereocenters. The van der Waals surface area contributed by atoms with Crippen LogP contribution in [-0.4, -0.2) is 31.1 Å². The van der Waals surface area contributed by atoms with Crippen LogP contribution in [0.4, 0.5) is 11.4 Å². The highest BCUT2D eigenvalue weighted by Crippen LogP contribution is 2.33. The summed E-state index contributed by atoms with van der Waals surface area (Å²) in [6.45, 7) is 1.54. The Morgan fingerprint density at radius 1 is 1.29 bits per heavy atom. The van der Waals surface area contributed by atoms with E-state index in [0.29, 0.717) is 13.0 Å². The van der Waals surface area contributed by atoms with E-state index in [1.807, 2.05) is 55.7 Å². The maximum absolute atomic E-state index is 12.4. The third-order valence-electron chi connectivity index (χ3n) is 4.37. The summed E-state index contributed by atoms with van der Waals surface area (Å²) in [6.07, 6.45) is 2.23. The zero-order valence-electron chi connectivity index (χ0n) is 13.5. The zero-order chi connectivity index (χ0) is 16.5. The molecule has 1 aliphatic rings. The van der Waals surface area contributed by atoms with Crippen molar-refractivity contribution in [1.82, 2.24) is 4.98 Å². The number of carbonyl (C=O) groups excluding carboxylic acids is 1. The number of ether oxygens (including phenoxy) is 1. The number of rotatable bonds is 3. The average molecular weight is 321 g/mol. The highest BCUT2D eigenvalue weighted by molar-refractivity contribution is 5.96. The standard InChI is InChI=1S/C19H19N3O2/c1-22-8-9-24-18-11-14(6-7-17(18)22)21-19(23)10-13-12-20-16-5-3-2-4-15(13)16/h2-7,11-12,20H,8-10H2,1H3,(H,21,23). The van der Waals surface area contributed by atoms with E-state index in [1.165, 1.54) is 0 Å². The molecule has 0 aliphatic carbocycles.